The lowest BCUT2D eigenvalue weighted by atomic mass is 10.0. The predicted octanol–water partition coefficient (Wildman–Crippen LogP) is 14.4. The first-order valence-corrected chi connectivity index (χ1v) is 21.3. The van der Waals surface area contributed by atoms with Crippen molar-refractivity contribution in [1.29, 1.82) is 0 Å². The summed E-state index contributed by atoms with van der Waals surface area (Å²) in [5.74, 6) is 1.42. The highest BCUT2D eigenvalue weighted by atomic mass is 16.8. The molecule has 61 heavy (non-hydrogen) atoms. The van der Waals surface area contributed by atoms with Crippen LogP contribution in [0.2, 0.25) is 0 Å². The number of aliphatic hydroxyl groups excluding tert-OH is 1. The van der Waals surface area contributed by atoms with E-state index in [1.54, 1.807) is 7.11 Å². The summed E-state index contributed by atoms with van der Waals surface area (Å²) in [5, 5.41) is 28.1. The average Bonchev–Trinajstić information content (AvgIpc) is 3.30. The number of unbranched alkanes of at least 4 members (excludes halogenated alkanes) is 6. The van der Waals surface area contributed by atoms with Crippen molar-refractivity contribution < 1.29 is 28.8 Å². The summed E-state index contributed by atoms with van der Waals surface area (Å²) in [5.41, 5.74) is 8.66. The Hall–Kier alpha value is -5.78. The Morgan fingerprint density at radius 3 is 1.59 bits per heavy atom. The van der Waals surface area contributed by atoms with Gasteiger partial charge in [0.25, 0.3) is 0 Å². The molecular formula is C51H60N4O6. The van der Waals surface area contributed by atoms with Gasteiger partial charge in [-0.3, -0.25) is 0 Å². The molecule has 320 valence electrons. The maximum Gasteiger partial charge on any atom is 0.191 e. The van der Waals surface area contributed by atoms with Crippen molar-refractivity contribution in [3.8, 4) is 11.5 Å². The van der Waals surface area contributed by atoms with Gasteiger partial charge in [-0.1, -0.05) is 113 Å². The van der Waals surface area contributed by atoms with Gasteiger partial charge in [0.2, 0.25) is 0 Å². The van der Waals surface area contributed by atoms with E-state index in [2.05, 4.69) is 46.4 Å². The summed E-state index contributed by atoms with van der Waals surface area (Å²) < 4.78 is 27.6. The Labute approximate surface area is 361 Å². The van der Waals surface area contributed by atoms with Crippen LogP contribution < -0.4 is 9.47 Å². The molecule has 0 heterocycles. The van der Waals surface area contributed by atoms with Crippen molar-refractivity contribution in [3.63, 3.8) is 0 Å². The van der Waals surface area contributed by atoms with Gasteiger partial charge in [-0.2, -0.15) is 20.5 Å². The van der Waals surface area contributed by atoms with Crippen molar-refractivity contribution in [2.24, 2.45) is 20.5 Å². The van der Waals surface area contributed by atoms with E-state index < -0.39 is 0 Å². The third-order valence-electron chi connectivity index (χ3n) is 9.73. The summed E-state index contributed by atoms with van der Waals surface area (Å²) in [7, 11) is 1.55. The fourth-order valence-electron chi connectivity index (χ4n) is 6.24. The summed E-state index contributed by atoms with van der Waals surface area (Å²) >= 11 is 0. The van der Waals surface area contributed by atoms with Crippen LogP contribution in [0.3, 0.4) is 0 Å². The Kier molecular flexibility index (Phi) is 20.6. The zero-order chi connectivity index (χ0) is 42.7. The molecule has 0 saturated carbocycles. The summed E-state index contributed by atoms with van der Waals surface area (Å²) in [6, 6.07) is 35.4. The number of aliphatic hydroxyl groups is 1. The molecule has 0 aromatic heterocycles. The number of methoxy groups -OCH3 is 1. The van der Waals surface area contributed by atoms with Crippen molar-refractivity contribution in [2.75, 3.05) is 34.1 Å². The Morgan fingerprint density at radius 2 is 1.03 bits per heavy atom. The van der Waals surface area contributed by atoms with Gasteiger partial charge in [0.05, 0.1) is 36.0 Å². The lowest BCUT2D eigenvalue weighted by molar-refractivity contribution is -0.145. The van der Waals surface area contributed by atoms with E-state index in [0.717, 1.165) is 75.8 Å². The minimum atomic E-state index is -0.157. The van der Waals surface area contributed by atoms with E-state index in [9.17, 15) is 5.11 Å². The Balaban J connectivity index is 1.22. The average molecular weight is 825 g/mol. The lowest BCUT2D eigenvalue weighted by Gasteiger charge is -2.14. The number of hydrogen-bond donors (Lipinski definition) is 1. The molecule has 0 saturated heterocycles. The number of benzene rings is 5. The molecule has 5 aromatic carbocycles. The second kappa shape index (κ2) is 27.1. The summed E-state index contributed by atoms with van der Waals surface area (Å²) in [6.45, 7) is 5.10. The predicted molar refractivity (Wildman–Crippen MR) is 246 cm³/mol. The normalized spacial score (nSPS) is 11.8. The van der Waals surface area contributed by atoms with Crippen LogP contribution in [-0.2, 0) is 27.2 Å². The van der Waals surface area contributed by atoms with Crippen LogP contribution in [0.25, 0.3) is 24.3 Å². The molecule has 0 amide bonds. The van der Waals surface area contributed by atoms with E-state index in [1.807, 2.05) is 121 Å². The first-order valence-electron chi connectivity index (χ1n) is 21.3. The Morgan fingerprint density at radius 1 is 0.508 bits per heavy atom. The van der Waals surface area contributed by atoms with Crippen LogP contribution in [0.1, 0.15) is 98.6 Å². The summed E-state index contributed by atoms with van der Waals surface area (Å²) in [6.07, 6.45) is 18.7. The second-order valence-electron chi connectivity index (χ2n) is 14.6. The first-order chi connectivity index (χ1) is 30.1. The second-order valence-corrected chi connectivity index (χ2v) is 14.6. The van der Waals surface area contributed by atoms with E-state index in [0.29, 0.717) is 5.75 Å². The van der Waals surface area contributed by atoms with E-state index in [-0.39, 0.29) is 27.0 Å². The fraction of sp³-hybridized carbons (Fsp3) is 0.333. The monoisotopic (exact) mass is 824 g/mol. The number of aryl methyl sites for hydroxylation is 1. The van der Waals surface area contributed by atoms with Crippen LogP contribution in [0.4, 0.5) is 22.7 Å². The highest BCUT2D eigenvalue weighted by Crippen LogP contribution is 2.29. The maximum atomic E-state index is 10.4. The number of azo groups is 2. The zero-order valence-electron chi connectivity index (χ0n) is 35.9. The third-order valence-corrected chi connectivity index (χ3v) is 9.73. The molecule has 10 nitrogen and oxygen atoms in total. The fourth-order valence-corrected chi connectivity index (χ4v) is 6.24. The SMILES string of the molecule is CCCCCCOc1ccc(N=Nc2ccc(C=Cc3cc(CO)c(C=Cc4ccc(N=Nc5ccc(CCCCCC)cc5)cc4)cc3OCOCOCOC)cc2)cc1. The zero-order valence-corrected chi connectivity index (χ0v) is 35.9. The smallest absolute Gasteiger partial charge is 0.191 e. The van der Waals surface area contributed by atoms with Crippen LogP contribution in [0.15, 0.2) is 130 Å². The van der Waals surface area contributed by atoms with Crippen molar-refractivity contribution in [2.45, 2.75) is 78.2 Å². The number of rotatable bonds is 27. The molecule has 5 rings (SSSR count). The molecule has 0 aliphatic carbocycles. The van der Waals surface area contributed by atoms with Gasteiger partial charge in [0.15, 0.2) is 13.6 Å². The standard InChI is InChI=1S/C51H60N4O6/c1-4-6-8-10-12-40-15-23-46(24-16-40)52-53-47-25-17-41(18-26-47)13-21-43-35-51(61-39-59-38-58-37-57-3)44(34-45(43)36-56)22-14-42-19-27-48(28-20-42)54-55-49-29-31-50(32-30-49)60-33-11-9-7-5-2/h13-32,34-35,56H,4-12,33,36-39H2,1-3H3. The van der Waals surface area contributed by atoms with Crippen LogP contribution in [-0.4, -0.2) is 39.2 Å². The molecule has 5 aromatic rings. The largest absolute Gasteiger partial charge is 0.494 e. The molecule has 0 bridgehead atoms. The van der Waals surface area contributed by atoms with Gasteiger partial charge in [-0.25, -0.2) is 0 Å². The van der Waals surface area contributed by atoms with Crippen molar-refractivity contribution in [1.82, 2.24) is 0 Å². The topological polar surface area (TPSA) is 116 Å². The summed E-state index contributed by atoms with van der Waals surface area (Å²) in [4.78, 5) is 0. The van der Waals surface area contributed by atoms with Gasteiger partial charge in [-0.15, -0.1) is 0 Å². The molecular weight excluding hydrogens is 765 g/mol. The number of nitrogens with zero attached hydrogens (tertiary/aromatic N) is 4. The lowest BCUT2D eigenvalue weighted by Crippen LogP contribution is -2.09. The van der Waals surface area contributed by atoms with Crippen LogP contribution in [0, 0.1) is 0 Å². The Bertz CT molecular complexity index is 2110. The van der Waals surface area contributed by atoms with Crippen molar-refractivity contribution in [3.05, 3.63) is 143 Å². The number of hydrogen-bond acceptors (Lipinski definition) is 10. The van der Waals surface area contributed by atoms with Gasteiger partial charge in [0, 0.05) is 12.7 Å². The molecule has 1 N–H and O–H groups in total. The van der Waals surface area contributed by atoms with Crippen LogP contribution in [0.5, 0.6) is 11.5 Å². The van der Waals surface area contributed by atoms with E-state index in [4.69, 9.17) is 23.7 Å². The minimum Gasteiger partial charge on any atom is -0.494 e. The maximum absolute atomic E-state index is 10.4. The van der Waals surface area contributed by atoms with Gasteiger partial charge in [0.1, 0.15) is 18.3 Å². The highest BCUT2D eigenvalue weighted by Gasteiger charge is 2.09. The first kappa shape index (κ1) is 46.3. The number of ether oxygens (including phenoxy) is 5. The molecule has 0 fully saturated rings. The molecule has 0 radical (unpaired) electrons. The molecule has 10 heteroatoms. The molecule has 0 spiro atoms. The van der Waals surface area contributed by atoms with Crippen molar-refractivity contribution >= 4 is 47.1 Å². The molecule has 0 aliphatic heterocycles. The molecule has 0 unspecified atom stereocenters. The molecule has 0 aliphatic rings. The van der Waals surface area contributed by atoms with E-state index in [1.165, 1.54) is 50.5 Å². The van der Waals surface area contributed by atoms with Gasteiger partial charge >= 0.3 is 0 Å². The van der Waals surface area contributed by atoms with E-state index >= 15 is 0 Å². The highest BCUT2D eigenvalue weighted by molar-refractivity contribution is 5.78. The molecule has 0 atom stereocenters. The van der Waals surface area contributed by atoms with Gasteiger partial charge < -0.3 is 28.8 Å². The quantitative estimate of drug-likeness (QED) is 0.0244. The van der Waals surface area contributed by atoms with Crippen LogP contribution >= 0.6 is 0 Å². The van der Waals surface area contributed by atoms with Gasteiger partial charge in [-0.05, 0) is 120 Å². The minimum absolute atomic E-state index is 0.0180. The third kappa shape index (κ3) is 17.0.